The number of ether oxygens (including phenoxy) is 1. The van der Waals surface area contributed by atoms with Crippen molar-refractivity contribution in [2.24, 2.45) is 0 Å². The first-order valence-corrected chi connectivity index (χ1v) is 7.12. The van der Waals surface area contributed by atoms with Gasteiger partial charge in [-0.3, -0.25) is 14.9 Å². The molecule has 0 radical (unpaired) electrons. The van der Waals surface area contributed by atoms with E-state index in [0.717, 1.165) is 19.4 Å². The molecule has 114 valence electrons. The largest absolute Gasteiger partial charge is 0.374 e. The van der Waals surface area contributed by atoms with Crippen molar-refractivity contribution in [1.29, 1.82) is 0 Å². The van der Waals surface area contributed by atoms with Crippen molar-refractivity contribution in [3.05, 3.63) is 28.1 Å². The highest BCUT2D eigenvalue weighted by Crippen LogP contribution is 2.37. The average Bonchev–Trinajstić information content (AvgIpc) is 3.24. The number of nitrogens with zero attached hydrogens (tertiary/aromatic N) is 2. The van der Waals surface area contributed by atoms with Crippen molar-refractivity contribution in [2.45, 2.75) is 25.0 Å². The zero-order valence-electron chi connectivity index (χ0n) is 11.6. The number of carbonyl (C=O) groups is 1. The third-order valence-corrected chi connectivity index (χ3v) is 3.71. The summed E-state index contributed by atoms with van der Waals surface area (Å²) < 4.78 is 7.22. The van der Waals surface area contributed by atoms with Crippen LogP contribution in [0.1, 0.15) is 29.4 Å². The Bertz CT molecular complexity index is 546. The van der Waals surface area contributed by atoms with Gasteiger partial charge in [-0.2, -0.15) is 0 Å². The Morgan fingerprint density at radius 2 is 2.38 bits per heavy atom. The molecule has 3 rings (SSSR count). The SMILES string of the molecule is O=C(NCC1CNCCO1)c1cc([N+](=O)[O-])cn1C1CC1. The number of nitro groups is 1. The highest BCUT2D eigenvalue weighted by molar-refractivity contribution is 5.93. The van der Waals surface area contributed by atoms with E-state index in [4.69, 9.17) is 4.74 Å². The Balaban J connectivity index is 1.66. The number of rotatable bonds is 5. The molecule has 2 aliphatic rings. The third-order valence-electron chi connectivity index (χ3n) is 3.71. The molecule has 2 N–H and O–H groups in total. The molecular weight excluding hydrogens is 276 g/mol. The van der Waals surface area contributed by atoms with Crippen LogP contribution in [0.3, 0.4) is 0 Å². The normalized spacial score (nSPS) is 22.0. The number of nitrogens with one attached hydrogen (secondary N) is 2. The van der Waals surface area contributed by atoms with E-state index in [2.05, 4.69) is 10.6 Å². The Kier molecular flexibility index (Phi) is 3.89. The molecule has 1 amide bonds. The molecule has 1 aromatic heterocycles. The molecule has 2 heterocycles. The Hall–Kier alpha value is -1.93. The van der Waals surface area contributed by atoms with Crippen LogP contribution in [0.5, 0.6) is 0 Å². The summed E-state index contributed by atoms with van der Waals surface area (Å²) in [4.78, 5) is 22.6. The van der Waals surface area contributed by atoms with Crippen LogP contribution in [0.15, 0.2) is 12.3 Å². The summed E-state index contributed by atoms with van der Waals surface area (Å²) in [5.41, 5.74) is 0.315. The minimum Gasteiger partial charge on any atom is -0.374 e. The summed E-state index contributed by atoms with van der Waals surface area (Å²) in [5.74, 6) is -0.288. The molecule has 0 aromatic carbocycles. The lowest BCUT2D eigenvalue weighted by Gasteiger charge is -2.23. The maximum absolute atomic E-state index is 12.2. The fourth-order valence-corrected chi connectivity index (χ4v) is 2.45. The lowest BCUT2D eigenvalue weighted by molar-refractivity contribution is -0.384. The molecule has 8 nitrogen and oxygen atoms in total. The second-order valence-electron chi connectivity index (χ2n) is 5.39. The van der Waals surface area contributed by atoms with Crippen molar-refractivity contribution in [1.82, 2.24) is 15.2 Å². The summed E-state index contributed by atoms with van der Waals surface area (Å²) in [7, 11) is 0. The fourth-order valence-electron chi connectivity index (χ4n) is 2.45. The van der Waals surface area contributed by atoms with Crippen LogP contribution in [-0.4, -0.2) is 47.7 Å². The van der Waals surface area contributed by atoms with Gasteiger partial charge in [0.2, 0.25) is 0 Å². The van der Waals surface area contributed by atoms with E-state index >= 15 is 0 Å². The van der Waals surface area contributed by atoms with E-state index in [0.29, 0.717) is 25.4 Å². The zero-order chi connectivity index (χ0) is 14.8. The molecule has 1 aliphatic heterocycles. The third kappa shape index (κ3) is 3.22. The molecule has 1 aliphatic carbocycles. The van der Waals surface area contributed by atoms with Gasteiger partial charge in [0, 0.05) is 31.7 Å². The predicted octanol–water partition coefficient (Wildman–Crippen LogP) is 0.449. The lowest BCUT2D eigenvalue weighted by atomic mass is 10.3. The molecule has 1 unspecified atom stereocenters. The number of aromatic nitrogens is 1. The Morgan fingerprint density at radius 1 is 1.57 bits per heavy atom. The molecule has 1 saturated heterocycles. The highest BCUT2D eigenvalue weighted by atomic mass is 16.6. The molecule has 8 heteroatoms. The molecular formula is C13H18N4O4. The Morgan fingerprint density at radius 3 is 3.00 bits per heavy atom. The van der Waals surface area contributed by atoms with Gasteiger partial charge in [-0.25, -0.2) is 0 Å². The number of hydrogen-bond donors (Lipinski definition) is 2. The topological polar surface area (TPSA) is 98.4 Å². The second-order valence-corrected chi connectivity index (χ2v) is 5.39. The van der Waals surface area contributed by atoms with Crippen molar-refractivity contribution >= 4 is 11.6 Å². The maximum Gasteiger partial charge on any atom is 0.287 e. The summed E-state index contributed by atoms with van der Waals surface area (Å²) in [6.07, 6.45) is 3.32. The first-order chi connectivity index (χ1) is 10.1. The molecule has 1 aromatic rings. The molecule has 2 fully saturated rings. The smallest absolute Gasteiger partial charge is 0.287 e. The van der Waals surface area contributed by atoms with E-state index < -0.39 is 4.92 Å². The first kappa shape index (κ1) is 14.0. The monoisotopic (exact) mass is 294 g/mol. The molecule has 0 bridgehead atoms. The van der Waals surface area contributed by atoms with Gasteiger partial charge in [0.25, 0.3) is 11.6 Å². The minimum atomic E-state index is -0.468. The van der Waals surface area contributed by atoms with Gasteiger partial charge in [0.15, 0.2) is 0 Å². The van der Waals surface area contributed by atoms with Crippen LogP contribution in [-0.2, 0) is 4.74 Å². The molecule has 1 saturated carbocycles. The van der Waals surface area contributed by atoms with Gasteiger partial charge in [-0.05, 0) is 12.8 Å². The average molecular weight is 294 g/mol. The quantitative estimate of drug-likeness (QED) is 0.607. The summed E-state index contributed by atoms with van der Waals surface area (Å²) in [5, 5.41) is 16.9. The van der Waals surface area contributed by atoms with Crippen molar-refractivity contribution in [3.8, 4) is 0 Å². The molecule has 21 heavy (non-hydrogen) atoms. The van der Waals surface area contributed by atoms with Gasteiger partial charge in [0.1, 0.15) is 5.69 Å². The Labute approximate surface area is 121 Å². The number of carbonyl (C=O) groups excluding carboxylic acids is 1. The number of hydrogen-bond acceptors (Lipinski definition) is 5. The summed E-state index contributed by atoms with van der Waals surface area (Å²) in [6, 6.07) is 1.56. The standard InChI is InChI=1S/C13H18N4O4/c18-13(15-7-11-6-14-3-4-21-11)12-5-10(17(19)20)8-16(12)9-1-2-9/h5,8-9,11,14H,1-4,6-7H2,(H,15,18). The second kappa shape index (κ2) is 5.82. The summed E-state index contributed by atoms with van der Waals surface area (Å²) in [6.45, 7) is 2.55. The van der Waals surface area contributed by atoms with Crippen molar-refractivity contribution < 1.29 is 14.5 Å². The van der Waals surface area contributed by atoms with Crippen molar-refractivity contribution in [2.75, 3.05) is 26.2 Å². The van der Waals surface area contributed by atoms with E-state index in [1.54, 1.807) is 4.57 Å². The van der Waals surface area contributed by atoms with Crippen LogP contribution in [0.4, 0.5) is 5.69 Å². The summed E-state index contributed by atoms with van der Waals surface area (Å²) >= 11 is 0. The van der Waals surface area contributed by atoms with Crippen molar-refractivity contribution in [3.63, 3.8) is 0 Å². The van der Waals surface area contributed by atoms with E-state index in [9.17, 15) is 14.9 Å². The predicted molar refractivity (Wildman–Crippen MR) is 74.3 cm³/mol. The van der Waals surface area contributed by atoms with Crippen LogP contribution in [0, 0.1) is 10.1 Å². The fraction of sp³-hybridized carbons (Fsp3) is 0.615. The van der Waals surface area contributed by atoms with Crippen LogP contribution in [0.25, 0.3) is 0 Å². The lowest BCUT2D eigenvalue weighted by Crippen LogP contribution is -2.45. The van der Waals surface area contributed by atoms with Gasteiger partial charge >= 0.3 is 0 Å². The zero-order valence-corrected chi connectivity index (χ0v) is 11.6. The van der Waals surface area contributed by atoms with Crippen LogP contribution >= 0.6 is 0 Å². The maximum atomic E-state index is 12.2. The highest BCUT2D eigenvalue weighted by Gasteiger charge is 2.30. The van der Waals surface area contributed by atoms with Gasteiger partial charge < -0.3 is 19.9 Å². The minimum absolute atomic E-state index is 0.0392. The van der Waals surface area contributed by atoms with E-state index in [1.165, 1.54) is 12.3 Å². The van der Waals surface area contributed by atoms with Gasteiger partial charge in [-0.15, -0.1) is 0 Å². The number of morpholine rings is 1. The van der Waals surface area contributed by atoms with E-state index in [-0.39, 0.29) is 23.7 Å². The molecule has 0 spiro atoms. The van der Waals surface area contributed by atoms with Crippen LogP contribution < -0.4 is 10.6 Å². The number of amides is 1. The van der Waals surface area contributed by atoms with E-state index in [1.807, 2.05) is 0 Å². The first-order valence-electron chi connectivity index (χ1n) is 7.12. The van der Waals surface area contributed by atoms with Gasteiger partial charge in [-0.1, -0.05) is 0 Å². The van der Waals surface area contributed by atoms with Gasteiger partial charge in [0.05, 0.1) is 23.8 Å². The van der Waals surface area contributed by atoms with Crippen LogP contribution in [0.2, 0.25) is 0 Å². The molecule has 1 atom stereocenters.